The lowest BCUT2D eigenvalue weighted by molar-refractivity contribution is -0.144. The Morgan fingerprint density at radius 3 is 1.42 bits per heavy atom. The van der Waals surface area contributed by atoms with Crippen molar-refractivity contribution in [1.82, 2.24) is 52.3 Å². The number of likely N-dealkylation sites (N-methyl/N-ethyl adjacent to an activating group) is 2. The summed E-state index contributed by atoms with van der Waals surface area (Å²) in [7, 11) is 3.18. The number of likely N-dealkylation sites (tertiary alicyclic amines) is 2. The summed E-state index contributed by atoms with van der Waals surface area (Å²) in [6.07, 6.45) is -0.676. The van der Waals surface area contributed by atoms with Gasteiger partial charge in [0.15, 0.2) is 0 Å². The Morgan fingerprint density at radius 2 is 1.01 bits per heavy atom. The molecule has 8 amide bonds. The van der Waals surface area contributed by atoms with E-state index in [1.165, 1.54) is 34.1 Å². The number of carbonyl (C=O) groups excluding carboxylic acids is 8. The Kier molecular flexibility index (Phi) is 19.8. The van der Waals surface area contributed by atoms with Crippen LogP contribution in [0.2, 0.25) is 0 Å². The zero-order valence-corrected chi connectivity index (χ0v) is 43.1. The molecule has 5 rings (SSSR count). The summed E-state index contributed by atoms with van der Waals surface area (Å²) < 4.78 is 0. The number of hydrogen-bond acceptors (Lipinski definition) is 11. The third kappa shape index (κ3) is 15.2. The van der Waals surface area contributed by atoms with E-state index in [4.69, 9.17) is 0 Å². The molecule has 2 aliphatic heterocycles. The fourth-order valence-electron chi connectivity index (χ4n) is 8.84. The summed E-state index contributed by atoms with van der Waals surface area (Å²) in [6.45, 7) is 12.1. The SMILES string of the molecule is CN[C@@H](C)C(=O)N[C@@H](CCC(=O)O)C(=O)N1C[C@@H](NC(=O)c2cccc(C(=O)N[C@H]3C[C@@H](C(=O)N[C@H](C)c4ccccc4)N(C(=O)[C@@H](NC(=O)[C@H](C)NC)C(C)(C)C)C3)c2)C[C@H]1C(=O)N[C@H](C)c1ccccc1. The molecule has 2 heterocycles. The van der Waals surface area contributed by atoms with Crippen LogP contribution in [0.4, 0.5) is 0 Å². The molecule has 0 saturated carbocycles. The van der Waals surface area contributed by atoms with Gasteiger partial charge in [0, 0.05) is 42.7 Å². The van der Waals surface area contributed by atoms with Gasteiger partial charge in [0.25, 0.3) is 11.8 Å². The summed E-state index contributed by atoms with van der Waals surface area (Å²) in [5, 5.41) is 32.5. The van der Waals surface area contributed by atoms with E-state index in [1.807, 2.05) is 88.4 Å². The lowest BCUT2D eigenvalue weighted by atomic mass is 9.85. The first kappa shape index (κ1) is 56.7. The molecule has 73 heavy (non-hydrogen) atoms. The van der Waals surface area contributed by atoms with E-state index in [-0.39, 0.29) is 43.5 Å². The molecule has 10 atom stereocenters. The van der Waals surface area contributed by atoms with Crippen LogP contribution in [0, 0.1) is 5.41 Å². The van der Waals surface area contributed by atoms with Crippen LogP contribution in [0.15, 0.2) is 84.9 Å². The maximum absolute atomic E-state index is 14.5. The summed E-state index contributed by atoms with van der Waals surface area (Å²) in [4.78, 5) is 125. The molecule has 0 aromatic heterocycles. The molecule has 20 nitrogen and oxygen atoms in total. The molecular formula is C53H72N10O10. The lowest BCUT2D eigenvalue weighted by Crippen LogP contribution is -2.59. The molecule has 0 radical (unpaired) electrons. The largest absolute Gasteiger partial charge is 0.481 e. The van der Waals surface area contributed by atoms with Gasteiger partial charge in [0.05, 0.1) is 24.2 Å². The monoisotopic (exact) mass is 1010 g/mol. The van der Waals surface area contributed by atoms with Crippen molar-refractivity contribution in [2.75, 3.05) is 27.2 Å². The molecule has 394 valence electrons. The van der Waals surface area contributed by atoms with Gasteiger partial charge in [0.1, 0.15) is 24.2 Å². The molecule has 3 aromatic carbocycles. The number of carboxylic acid groups (broad SMARTS) is 1. The van der Waals surface area contributed by atoms with Crippen LogP contribution < -0.4 is 42.5 Å². The molecule has 0 bridgehead atoms. The van der Waals surface area contributed by atoms with Crippen LogP contribution in [0.1, 0.15) is 118 Å². The molecule has 20 heteroatoms. The highest BCUT2D eigenvalue weighted by atomic mass is 16.4. The van der Waals surface area contributed by atoms with E-state index < -0.39 is 125 Å². The normalized spacial score (nSPS) is 20.0. The van der Waals surface area contributed by atoms with Gasteiger partial charge in [-0.15, -0.1) is 0 Å². The second-order valence-corrected chi connectivity index (χ2v) is 20.0. The molecule has 9 N–H and O–H groups in total. The smallest absolute Gasteiger partial charge is 0.303 e. The molecule has 2 aliphatic rings. The number of nitrogens with zero attached hydrogens (tertiary/aromatic N) is 2. The number of nitrogens with one attached hydrogen (secondary N) is 8. The Hall–Kier alpha value is -7.19. The van der Waals surface area contributed by atoms with Crippen LogP contribution >= 0.6 is 0 Å². The van der Waals surface area contributed by atoms with Gasteiger partial charge in [-0.2, -0.15) is 0 Å². The van der Waals surface area contributed by atoms with E-state index in [1.54, 1.807) is 34.9 Å². The zero-order chi connectivity index (χ0) is 53.7. The van der Waals surface area contributed by atoms with Crippen LogP contribution in [0.5, 0.6) is 0 Å². The second kappa shape index (κ2) is 25.5. The highest BCUT2D eigenvalue weighted by Crippen LogP contribution is 2.28. The standard InChI is InChI=1S/C53H72N10O10/c1-30(34-17-12-10-13-18-34)56-49(70)41-26-38(28-62(41)51(72)40(23-24-43(64)65)60-45(66)32(3)54-8)58-47(68)36-21-16-22-37(25-36)48(69)59-39-27-42(50(71)57-31(2)35-19-14-11-15-20-35)63(29-39)52(73)44(53(5,6)7)61-46(67)33(4)55-9/h10-22,25,30-33,38-42,44,54-55H,23-24,26-29H2,1-9H3,(H,56,70)(H,57,71)(H,58,68)(H,59,69)(H,60,66)(H,61,67)(H,64,65)/t30-,31-,32+,33+,38+,39+,40+,41+,42+,44-/m1/s1. The van der Waals surface area contributed by atoms with E-state index in [2.05, 4.69) is 42.5 Å². The van der Waals surface area contributed by atoms with Crippen LogP contribution in [0.25, 0.3) is 0 Å². The van der Waals surface area contributed by atoms with Gasteiger partial charge in [-0.3, -0.25) is 43.2 Å². The first-order chi connectivity index (χ1) is 34.5. The maximum atomic E-state index is 14.5. The minimum absolute atomic E-state index is 0.0262. The Bertz CT molecular complexity index is 2470. The average molecular weight is 1010 g/mol. The van der Waals surface area contributed by atoms with Crippen molar-refractivity contribution in [2.45, 2.75) is 135 Å². The van der Waals surface area contributed by atoms with E-state index >= 15 is 0 Å². The molecule has 0 aliphatic carbocycles. The number of hydrogen-bond donors (Lipinski definition) is 9. The Labute approximate surface area is 426 Å². The fourth-order valence-corrected chi connectivity index (χ4v) is 8.84. The molecule has 2 fully saturated rings. The minimum Gasteiger partial charge on any atom is -0.481 e. The van der Waals surface area contributed by atoms with Gasteiger partial charge in [0.2, 0.25) is 35.4 Å². The second-order valence-electron chi connectivity index (χ2n) is 20.0. The molecular weight excluding hydrogens is 937 g/mol. The highest BCUT2D eigenvalue weighted by molar-refractivity contribution is 6.01. The van der Waals surface area contributed by atoms with Gasteiger partial charge < -0.3 is 57.4 Å². The first-order valence-electron chi connectivity index (χ1n) is 24.7. The number of rotatable bonds is 21. The predicted octanol–water partition coefficient (Wildman–Crippen LogP) is 1.94. The van der Waals surface area contributed by atoms with Crippen molar-refractivity contribution in [1.29, 1.82) is 0 Å². The van der Waals surface area contributed by atoms with E-state index in [0.717, 1.165) is 11.1 Å². The van der Waals surface area contributed by atoms with Crippen LogP contribution in [-0.4, -0.2) is 144 Å². The number of aliphatic carboxylic acids is 1. The fraction of sp³-hybridized carbons (Fsp3) is 0.491. The topological polar surface area (TPSA) is 277 Å². The quantitative estimate of drug-likeness (QED) is 0.0741. The molecule has 2 saturated heterocycles. The van der Waals surface area contributed by atoms with Crippen molar-refractivity contribution in [3.63, 3.8) is 0 Å². The minimum atomic E-state index is -1.30. The number of benzene rings is 3. The van der Waals surface area contributed by atoms with Gasteiger partial charge in [-0.25, -0.2) is 0 Å². The summed E-state index contributed by atoms with van der Waals surface area (Å²) in [5.41, 5.74) is 1.06. The number of amides is 8. The lowest BCUT2D eigenvalue weighted by Gasteiger charge is -2.36. The molecule has 0 unspecified atom stereocenters. The number of carbonyl (C=O) groups is 9. The zero-order valence-electron chi connectivity index (χ0n) is 43.1. The molecule has 0 spiro atoms. The average Bonchev–Trinajstić information content (AvgIpc) is 4.00. The first-order valence-corrected chi connectivity index (χ1v) is 24.7. The molecule has 3 aromatic rings. The predicted molar refractivity (Wildman–Crippen MR) is 272 cm³/mol. The Morgan fingerprint density at radius 1 is 0.589 bits per heavy atom. The van der Waals surface area contributed by atoms with E-state index in [9.17, 15) is 48.3 Å². The van der Waals surface area contributed by atoms with Gasteiger partial charge in [-0.05, 0) is 95.8 Å². The maximum Gasteiger partial charge on any atom is 0.303 e. The van der Waals surface area contributed by atoms with Crippen molar-refractivity contribution < 1.29 is 48.3 Å². The van der Waals surface area contributed by atoms with E-state index in [0.29, 0.717) is 0 Å². The highest BCUT2D eigenvalue weighted by Gasteiger charge is 2.46. The van der Waals surface area contributed by atoms with Gasteiger partial charge >= 0.3 is 5.97 Å². The van der Waals surface area contributed by atoms with Crippen molar-refractivity contribution in [2.24, 2.45) is 5.41 Å². The summed E-state index contributed by atoms with van der Waals surface area (Å²) >= 11 is 0. The summed E-state index contributed by atoms with van der Waals surface area (Å²) in [5.74, 6) is -5.49. The van der Waals surface area contributed by atoms with Crippen molar-refractivity contribution >= 4 is 53.2 Å². The van der Waals surface area contributed by atoms with Crippen LogP contribution in [-0.2, 0) is 33.6 Å². The third-order valence-corrected chi connectivity index (χ3v) is 13.5. The Balaban J connectivity index is 1.35. The van der Waals surface area contributed by atoms with Gasteiger partial charge in [-0.1, -0.05) is 87.5 Å². The van der Waals surface area contributed by atoms with Crippen LogP contribution in [0.3, 0.4) is 0 Å². The number of carboxylic acids is 1. The summed E-state index contributed by atoms with van der Waals surface area (Å²) in [6, 6.07) is 16.2. The van der Waals surface area contributed by atoms with Crippen molar-refractivity contribution in [3.05, 3.63) is 107 Å². The third-order valence-electron chi connectivity index (χ3n) is 13.5. The van der Waals surface area contributed by atoms with Crippen molar-refractivity contribution in [3.8, 4) is 0 Å².